The monoisotopic (exact) mass is 251 g/mol. The van der Waals surface area contributed by atoms with Crippen molar-refractivity contribution in [2.24, 2.45) is 0 Å². The van der Waals surface area contributed by atoms with Crippen molar-refractivity contribution in [2.75, 3.05) is 44.2 Å². The molecule has 1 aliphatic rings. The number of anilines is 1. The van der Waals surface area contributed by atoms with E-state index in [9.17, 15) is 0 Å². The predicted octanol–water partition coefficient (Wildman–Crippen LogP) is 0.0783. The second-order valence-electron chi connectivity index (χ2n) is 4.59. The Morgan fingerprint density at radius 3 is 2.83 bits per heavy atom. The van der Waals surface area contributed by atoms with Crippen LogP contribution in [0.1, 0.15) is 12.0 Å². The van der Waals surface area contributed by atoms with Gasteiger partial charge in [-0.2, -0.15) is 0 Å². The molecule has 1 saturated heterocycles. The zero-order valence-corrected chi connectivity index (χ0v) is 10.6. The van der Waals surface area contributed by atoms with E-state index in [2.05, 4.69) is 14.8 Å². The molecule has 5 heteroatoms. The fourth-order valence-electron chi connectivity index (χ4n) is 2.30. The maximum absolute atomic E-state index is 9.15. The Hall–Kier alpha value is -1.17. The summed E-state index contributed by atoms with van der Waals surface area (Å²) in [5.41, 5.74) is 0.900. The quantitative estimate of drug-likeness (QED) is 0.793. The summed E-state index contributed by atoms with van der Waals surface area (Å²) < 4.78 is 0. The number of pyridine rings is 1. The first-order valence-electron chi connectivity index (χ1n) is 6.47. The average Bonchev–Trinajstić information content (AvgIpc) is 2.65. The third-order valence-electron chi connectivity index (χ3n) is 3.32. The van der Waals surface area contributed by atoms with Gasteiger partial charge in [-0.15, -0.1) is 0 Å². The topological polar surface area (TPSA) is 59.8 Å². The minimum Gasteiger partial charge on any atom is -0.395 e. The van der Waals surface area contributed by atoms with Gasteiger partial charge in [0.1, 0.15) is 5.82 Å². The number of aliphatic hydroxyl groups excluding tert-OH is 2. The van der Waals surface area contributed by atoms with Crippen molar-refractivity contribution in [2.45, 2.75) is 13.0 Å². The van der Waals surface area contributed by atoms with Crippen molar-refractivity contribution in [3.8, 4) is 0 Å². The Balaban J connectivity index is 2.00. The lowest BCUT2D eigenvalue weighted by molar-refractivity contribution is 0.204. The van der Waals surface area contributed by atoms with Gasteiger partial charge in [-0.05, 0) is 30.7 Å². The predicted molar refractivity (Wildman–Crippen MR) is 70.5 cm³/mol. The summed E-state index contributed by atoms with van der Waals surface area (Å²) in [4.78, 5) is 8.89. The molecular weight excluding hydrogens is 230 g/mol. The standard InChI is InChI=1S/C13H21N3O2/c17-9-8-15-4-1-5-16(7-6-15)13-10-12(11-18)2-3-14-13/h2-3,10,17-18H,1,4-9,11H2. The summed E-state index contributed by atoms with van der Waals surface area (Å²) >= 11 is 0. The fourth-order valence-corrected chi connectivity index (χ4v) is 2.30. The molecule has 0 atom stereocenters. The Morgan fingerprint density at radius 2 is 2.06 bits per heavy atom. The van der Waals surface area contributed by atoms with E-state index >= 15 is 0 Å². The van der Waals surface area contributed by atoms with Gasteiger partial charge in [-0.25, -0.2) is 4.98 Å². The first-order valence-corrected chi connectivity index (χ1v) is 6.47. The highest BCUT2D eigenvalue weighted by atomic mass is 16.3. The first kappa shape index (κ1) is 13.3. The number of aromatic nitrogens is 1. The maximum Gasteiger partial charge on any atom is 0.128 e. The normalized spacial score (nSPS) is 17.8. The highest BCUT2D eigenvalue weighted by Gasteiger charge is 2.15. The van der Waals surface area contributed by atoms with Crippen molar-refractivity contribution in [3.05, 3.63) is 23.9 Å². The smallest absolute Gasteiger partial charge is 0.128 e. The lowest BCUT2D eigenvalue weighted by Gasteiger charge is -2.22. The van der Waals surface area contributed by atoms with Gasteiger partial charge in [0.2, 0.25) is 0 Å². The molecule has 1 aromatic heterocycles. The van der Waals surface area contributed by atoms with Gasteiger partial charge in [-0.1, -0.05) is 0 Å². The van der Waals surface area contributed by atoms with E-state index in [-0.39, 0.29) is 13.2 Å². The highest BCUT2D eigenvalue weighted by molar-refractivity contribution is 5.41. The minimum absolute atomic E-state index is 0.0556. The maximum atomic E-state index is 9.15. The molecule has 2 rings (SSSR count). The molecule has 0 saturated carbocycles. The number of β-amino-alcohol motifs (C(OH)–C–C–N with tert-alkyl or cyclic N) is 1. The van der Waals surface area contributed by atoms with E-state index in [0.717, 1.165) is 50.5 Å². The second-order valence-corrected chi connectivity index (χ2v) is 4.59. The zero-order valence-electron chi connectivity index (χ0n) is 10.6. The van der Waals surface area contributed by atoms with Gasteiger partial charge in [0.15, 0.2) is 0 Å². The largest absolute Gasteiger partial charge is 0.395 e. The summed E-state index contributed by atoms with van der Waals surface area (Å²) in [5.74, 6) is 0.937. The Bertz CT molecular complexity index is 373. The molecular formula is C13H21N3O2. The van der Waals surface area contributed by atoms with Crippen molar-refractivity contribution in [1.29, 1.82) is 0 Å². The summed E-state index contributed by atoms with van der Waals surface area (Å²) in [5, 5.41) is 18.1. The first-order chi connectivity index (χ1) is 8.83. The summed E-state index contributed by atoms with van der Waals surface area (Å²) in [6.45, 7) is 4.89. The molecule has 0 radical (unpaired) electrons. The molecule has 2 heterocycles. The highest BCUT2D eigenvalue weighted by Crippen LogP contribution is 2.15. The molecule has 100 valence electrons. The Kier molecular flexibility index (Phi) is 4.92. The minimum atomic E-state index is 0.0556. The summed E-state index contributed by atoms with van der Waals surface area (Å²) in [6, 6.07) is 3.78. The van der Waals surface area contributed by atoms with E-state index in [4.69, 9.17) is 10.2 Å². The van der Waals surface area contributed by atoms with Crippen molar-refractivity contribution in [3.63, 3.8) is 0 Å². The molecule has 1 aliphatic heterocycles. The van der Waals surface area contributed by atoms with E-state index in [1.54, 1.807) is 6.20 Å². The molecule has 0 unspecified atom stereocenters. The molecule has 1 aromatic rings. The number of rotatable bonds is 4. The third kappa shape index (κ3) is 3.41. The SMILES string of the molecule is OCCN1CCCN(c2cc(CO)ccn2)CC1. The van der Waals surface area contributed by atoms with Gasteiger partial charge >= 0.3 is 0 Å². The van der Waals surface area contributed by atoms with Crippen molar-refractivity contribution in [1.82, 2.24) is 9.88 Å². The average molecular weight is 251 g/mol. The molecule has 18 heavy (non-hydrogen) atoms. The summed E-state index contributed by atoms with van der Waals surface area (Å²) in [6.07, 6.45) is 2.82. The molecule has 0 bridgehead atoms. The number of nitrogens with zero attached hydrogens (tertiary/aromatic N) is 3. The van der Waals surface area contributed by atoms with Crippen LogP contribution in [0.15, 0.2) is 18.3 Å². The molecule has 5 nitrogen and oxygen atoms in total. The van der Waals surface area contributed by atoms with Crippen LogP contribution in [0.2, 0.25) is 0 Å². The van der Waals surface area contributed by atoms with E-state index < -0.39 is 0 Å². The van der Waals surface area contributed by atoms with Crippen LogP contribution in [0.5, 0.6) is 0 Å². The van der Waals surface area contributed by atoms with Crippen LogP contribution in [-0.2, 0) is 6.61 Å². The van der Waals surface area contributed by atoms with Crippen LogP contribution in [0.3, 0.4) is 0 Å². The van der Waals surface area contributed by atoms with E-state index in [1.165, 1.54) is 0 Å². The lowest BCUT2D eigenvalue weighted by atomic mass is 10.2. The fraction of sp³-hybridized carbons (Fsp3) is 0.615. The van der Waals surface area contributed by atoms with Crippen molar-refractivity contribution < 1.29 is 10.2 Å². The van der Waals surface area contributed by atoms with E-state index in [0.29, 0.717) is 0 Å². The Morgan fingerprint density at radius 1 is 1.17 bits per heavy atom. The Labute approximate surface area is 108 Å². The molecule has 0 amide bonds. The number of hydrogen-bond acceptors (Lipinski definition) is 5. The molecule has 0 aliphatic carbocycles. The lowest BCUT2D eigenvalue weighted by Crippen LogP contribution is -2.32. The number of aliphatic hydroxyl groups is 2. The van der Waals surface area contributed by atoms with Gasteiger partial charge in [0.05, 0.1) is 13.2 Å². The second kappa shape index (κ2) is 6.68. The van der Waals surface area contributed by atoms with Gasteiger partial charge < -0.3 is 15.1 Å². The molecule has 0 spiro atoms. The van der Waals surface area contributed by atoms with Crippen LogP contribution in [-0.4, -0.2) is 59.4 Å². The zero-order chi connectivity index (χ0) is 12.8. The van der Waals surface area contributed by atoms with Gasteiger partial charge in [0.25, 0.3) is 0 Å². The molecule has 2 N–H and O–H groups in total. The van der Waals surface area contributed by atoms with Crippen LogP contribution in [0.4, 0.5) is 5.82 Å². The van der Waals surface area contributed by atoms with Crippen LogP contribution >= 0.6 is 0 Å². The van der Waals surface area contributed by atoms with Crippen LogP contribution in [0, 0.1) is 0 Å². The van der Waals surface area contributed by atoms with Crippen LogP contribution in [0.25, 0.3) is 0 Å². The summed E-state index contributed by atoms with van der Waals surface area (Å²) in [7, 11) is 0. The number of hydrogen-bond donors (Lipinski definition) is 2. The van der Waals surface area contributed by atoms with Crippen molar-refractivity contribution >= 4 is 5.82 Å². The van der Waals surface area contributed by atoms with E-state index in [1.807, 2.05) is 12.1 Å². The van der Waals surface area contributed by atoms with Gasteiger partial charge in [0, 0.05) is 32.4 Å². The molecule has 1 fully saturated rings. The van der Waals surface area contributed by atoms with Gasteiger partial charge in [-0.3, -0.25) is 4.90 Å². The third-order valence-corrected chi connectivity index (χ3v) is 3.32. The van der Waals surface area contributed by atoms with Crippen LogP contribution < -0.4 is 4.90 Å². The molecule has 0 aromatic carbocycles.